The molecule has 3 heterocycles. The Balaban J connectivity index is 0.984. The number of benzene rings is 8. The second-order valence-corrected chi connectivity index (χ2v) is 15.3. The lowest BCUT2D eigenvalue weighted by molar-refractivity contribution is 0.665. The van der Waals surface area contributed by atoms with Crippen LogP contribution in [-0.4, -0.2) is 16.2 Å². The van der Waals surface area contributed by atoms with Crippen molar-refractivity contribution in [2.45, 2.75) is 19.0 Å². The molecule has 0 bridgehead atoms. The van der Waals surface area contributed by atoms with Gasteiger partial charge in [-0.15, -0.1) is 0 Å². The number of furan rings is 1. The van der Waals surface area contributed by atoms with Crippen molar-refractivity contribution >= 4 is 82.5 Å². The van der Waals surface area contributed by atoms with Gasteiger partial charge in [-0.2, -0.15) is 0 Å². The summed E-state index contributed by atoms with van der Waals surface area (Å²) in [6.45, 7) is 0. The van der Waals surface area contributed by atoms with Gasteiger partial charge in [0.2, 0.25) is 0 Å². The molecule has 0 amide bonds. The maximum atomic E-state index is 6.75. The largest absolute Gasteiger partial charge is 0.456 e. The van der Waals surface area contributed by atoms with Crippen LogP contribution in [0.2, 0.25) is 0 Å². The zero-order valence-electron chi connectivity index (χ0n) is 31.6. The maximum Gasteiger partial charge on any atom is 0.169 e. The molecule has 1 unspecified atom stereocenters. The molecule has 0 fully saturated rings. The molecular formula is C53H36N4O. The van der Waals surface area contributed by atoms with Crippen molar-refractivity contribution in [2.24, 2.45) is 9.98 Å². The zero-order chi connectivity index (χ0) is 38.2. The van der Waals surface area contributed by atoms with E-state index in [4.69, 9.17) is 14.4 Å². The summed E-state index contributed by atoms with van der Waals surface area (Å²) in [4.78, 5) is 10.3. The van der Waals surface area contributed by atoms with Crippen molar-refractivity contribution < 1.29 is 4.42 Å². The minimum atomic E-state index is -0.455. The average molecular weight is 745 g/mol. The number of allylic oxidation sites excluding steroid dienone is 4. The van der Waals surface area contributed by atoms with Gasteiger partial charge in [0, 0.05) is 50.0 Å². The van der Waals surface area contributed by atoms with Crippen LogP contribution in [0.15, 0.2) is 196 Å². The van der Waals surface area contributed by atoms with Crippen LogP contribution in [-0.2, 0) is 0 Å². The van der Waals surface area contributed by atoms with Crippen LogP contribution in [0, 0.1) is 0 Å². The van der Waals surface area contributed by atoms with Gasteiger partial charge < -0.3 is 14.3 Å². The Bertz CT molecular complexity index is 3430. The molecule has 2 aliphatic rings. The summed E-state index contributed by atoms with van der Waals surface area (Å²) in [6.07, 6.45) is 8.62. The quantitative estimate of drug-likeness (QED) is 0.191. The molecular weight excluding hydrogens is 709 g/mol. The van der Waals surface area contributed by atoms with Crippen LogP contribution < -0.4 is 5.32 Å². The molecule has 5 heteroatoms. The summed E-state index contributed by atoms with van der Waals surface area (Å²) in [5.74, 6) is 1.58. The van der Waals surface area contributed by atoms with Crippen LogP contribution >= 0.6 is 0 Å². The highest BCUT2D eigenvalue weighted by molar-refractivity contribution is 6.22. The van der Waals surface area contributed by atoms with Gasteiger partial charge in [-0.05, 0) is 88.0 Å². The Hall–Kier alpha value is -7.50. The fourth-order valence-corrected chi connectivity index (χ4v) is 8.98. The molecule has 1 aliphatic heterocycles. The minimum Gasteiger partial charge on any atom is -0.456 e. The summed E-state index contributed by atoms with van der Waals surface area (Å²) in [6, 6.07) is 58.3. The first-order chi connectivity index (χ1) is 28.7. The Labute approximate surface area is 334 Å². The van der Waals surface area contributed by atoms with Crippen LogP contribution in [0.3, 0.4) is 0 Å². The highest BCUT2D eigenvalue weighted by atomic mass is 16.3. The number of nitrogens with zero attached hydrogens (tertiary/aromatic N) is 3. The number of hydrogen-bond acceptors (Lipinski definition) is 4. The van der Waals surface area contributed by atoms with Gasteiger partial charge >= 0.3 is 0 Å². The SMILES string of the molecule is C1=CC(c2ccc3c(c2)c2c4ccccc4ccc2n3-c2ccc3c(c2)oc2cc(C4N=C(c5ccccc5)NC(c5ccc6ccccc6c5)=N4)ccc23)=CCC1. The molecule has 0 radical (unpaired) electrons. The summed E-state index contributed by atoms with van der Waals surface area (Å²) in [7, 11) is 0. The molecule has 0 spiro atoms. The van der Waals surface area contributed by atoms with E-state index in [1.165, 1.54) is 54.5 Å². The first-order valence-electron chi connectivity index (χ1n) is 20.0. The van der Waals surface area contributed by atoms with E-state index in [0.29, 0.717) is 0 Å². The zero-order valence-corrected chi connectivity index (χ0v) is 31.6. The van der Waals surface area contributed by atoms with Gasteiger partial charge in [-0.25, -0.2) is 9.98 Å². The number of aliphatic imine (C=N–C) groups is 2. The van der Waals surface area contributed by atoms with E-state index < -0.39 is 6.17 Å². The molecule has 1 aliphatic carbocycles. The number of fused-ring (bicyclic) bond motifs is 9. The maximum absolute atomic E-state index is 6.75. The first kappa shape index (κ1) is 32.7. The van der Waals surface area contributed by atoms with Gasteiger partial charge in [0.25, 0.3) is 0 Å². The van der Waals surface area contributed by atoms with E-state index in [2.05, 4.69) is 174 Å². The number of hydrogen-bond donors (Lipinski definition) is 1. The molecule has 12 rings (SSSR count). The summed E-state index contributed by atoms with van der Waals surface area (Å²) in [5, 5.41) is 13.1. The van der Waals surface area contributed by atoms with E-state index in [1.807, 2.05) is 18.2 Å². The normalized spacial score (nSPS) is 15.7. The molecule has 0 saturated heterocycles. The van der Waals surface area contributed by atoms with Crippen molar-refractivity contribution in [1.82, 2.24) is 9.88 Å². The second-order valence-electron chi connectivity index (χ2n) is 15.3. The lowest BCUT2D eigenvalue weighted by Gasteiger charge is -2.22. The minimum absolute atomic E-state index is 0.455. The van der Waals surface area contributed by atoms with Crippen molar-refractivity contribution in [3.8, 4) is 5.69 Å². The van der Waals surface area contributed by atoms with Crippen LogP contribution in [0.4, 0.5) is 0 Å². The van der Waals surface area contributed by atoms with Crippen molar-refractivity contribution in [3.05, 3.63) is 204 Å². The fraction of sp³-hybridized carbons (Fsp3) is 0.0566. The average Bonchev–Trinajstić information content (AvgIpc) is 3.84. The first-order valence-corrected chi connectivity index (χ1v) is 20.0. The molecule has 274 valence electrons. The Morgan fingerprint density at radius 1 is 0.517 bits per heavy atom. The molecule has 5 nitrogen and oxygen atoms in total. The predicted molar refractivity (Wildman–Crippen MR) is 241 cm³/mol. The highest BCUT2D eigenvalue weighted by Crippen LogP contribution is 2.40. The highest BCUT2D eigenvalue weighted by Gasteiger charge is 2.23. The van der Waals surface area contributed by atoms with Crippen LogP contribution in [0.25, 0.3) is 76.5 Å². The third kappa shape index (κ3) is 5.31. The van der Waals surface area contributed by atoms with Gasteiger partial charge in [0.05, 0.1) is 11.0 Å². The molecule has 1 N–H and O–H groups in total. The van der Waals surface area contributed by atoms with Crippen molar-refractivity contribution in [3.63, 3.8) is 0 Å². The molecule has 10 aromatic rings. The van der Waals surface area contributed by atoms with Gasteiger partial charge in [-0.1, -0.05) is 133 Å². The van der Waals surface area contributed by atoms with Crippen LogP contribution in [0.5, 0.6) is 0 Å². The van der Waals surface area contributed by atoms with E-state index in [1.54, 1.807) is 0 Å². The third-order valence-electron chi connectivity index (χ3n) is 11.8. The number of aromatic nitrogens is 1. The lowest BCUT2D eigenvalue weighted by atomic mass is 9.97. The monoisotopic (exact) mass is 744 g/mol. The fourth-order valence-electron chi connectivity index (χ4n) is 8.98. The van der Waals surface area contributed by atoms with Crippen molar-refractivity contribution in [2.75, 3.05) is 0 Å². The van der Waals surface area contributed by atoms with Gasteiger partial charge in [-0.3, -0.25) is 0 Å². The lowest BCUT2D eigenvalue weighted by Crippen LogP contribution is -2.36. The van der Waals surface area contributed by atoms with Gasteiger partial charge in [0.15, 0.2) is 6.17 Å². The van der Waals surface area contributed by atoms with Crippen LogP contribution in [0.1, 0.15) is 41.3 Å². The Morgan fingerprint density at radius 2 is 1.24 bits per heavy atom. The molecule has 0 saturated carbocycles. The summed E-state index contributed by atoms with van der Waals surface area (Å²) < 4.78 is 9.14. The van der Waals surface area contributed by atoms with E-state index >= 15 is 0 Å². The second kappa shape index (κ2) is 13.0. The van der Waals surface area contributed by atoms with Crippen molar-refractivity contribution in [1.29, 1.82) is 0 Å². The standard InChI is InChI=1S/C53H36N4O/c1-3-11-33(12-4-1)38-23-27-46-45(30-38)50-42-18-10-9-14-35(42)22-28-47(50)57(46)41-24-26-44-43-25-21-40(31-48(43)58-49(44)32-41)53-55-51(36-15-5-2-6-16-36)54-52(56-53)39-20-19-34-13-7-8-17-37(34)29-39/h2-3,5-32,53H,1,4H2,(H,54,55,56). The topological polar surface area (TPSA) is 54.8 Å². The number of amidine groups is 2. The number of nitrogens with one attached hydrogen (secondary N) is 1. The Kier molecular flexibility index (Phi) is 7.35. The van der Waals surface area contributed by atoms with E-state index in [9.17, 15) is 0 Å². The molecule has 8 aromatic carbocycles. The summed E-state index contributed by atoms with van der Waals surface area (Å²) in [5.41, 5.74) is 10.6. The summed E-state index contributed by atoms with van der Waals surface area (Å²) >= 11 is 0. The van der Waals surface area contributed by atoms with E-state index in [-0.39, 0.29) is 0 Å². The van der Waals surface area contributed by atoms with Gasteiger partial charge in [0.1, 0.15) is 22.8 Å². The molecule has 1 atom stereocenters. The van der Waals surface area contributed by atoms with E-state index in [0.717, 1.165) is 68.8 Å². The Morgan fingerprint density at radius 3 is 2.10 bits per heavy atom. The molecule has 58 heavy (non-hydrogen) atoms. The smallest absolute Gasteiger partial charge is 0.169 e. The molecule has 2 aromatic heterocycles. The third-order valence-corrected chi connectivity index (χ3v) is 11.8. The number of rotatable bonds is 5. The predicted octanol–water partition coefficient (Wildman–Crippen LogP) is 13.2.